The van der Waals surface area contributed by atoms with Crippen LogP contribution in [0.3, 0.4) is 0 Å². The fourth-order valence-corrected chi connectivity index (χ4v) is 2.19. The molecule has 6 heteroatoms. The molecule has 0 aliphatic rings. The Kier molecular flexibility index (Phi) is 3.83. The average molecular weight is 234 g/mol. The lowest BCUT2D eigenvalue weighted by molar-refractivity contribution is 0.422. The van der Waals surface area contributed by atoms with Crippen molar-refractivity contribution in [2.45, 2.75) is 11.8 Å². The van der Waals surface area contributed by atoms with Crippen molar-refractivity contribution >= 4 is 35.9 Å². The van der Waals surface area contributed by atoms with Gasteiger partial charge in [0.15, 0.2) is 0 Å². The van der Waals surface area contributed by atoms with Gasteiger partial charge in [-0.3, -0.25) is 0 Å². The molecule has 0 aromatic heterocycles. The highest BCUT2D eigenvalue weighted by Gasteiger charge is 2.24. The van der Waals surface area contributed by atoms with Crippen LogP contribution in [0.15, 0.2) is 11.0 Å². The fourth-order valence-electron chi connectivity index (χ4n) is 1.14. The zero-order chi connectivity index (χ0) is 10.9. The summed E-state index contributed by atoms with van der Waals surface area (Å²) in [5, 5.41) is 18.0. The van der Waals surface area contributed by atoms with Crippen LogP contribution in [0.4, 0.5) is 4.39 Å². The Bertz CT molecular complexity index is 360. The van der Waals surface area contributed by atoms with E-state index in [1.807, 2.05) is 0 Å². The lowest BCUT2D eigenvalue weighted by Crippen LogP contribution is -2.34. The van der Waals surface area contributed by atoms with Crippen LogP contribution in [-0.2, 0) is 0 Å². The fraction of sp³-hybridized carbons (Fsp3) is 0.250. The van der Waals surface area contributed by atoms with E-state index in [0.29, 0.717) is 10.5 Å². The van der Waals surface area contributed by atoms with E-state index < -0.39 is 12.9 Å². The minimum atomic E-state index is -1.88. The molecule has 14 heavy (non-hydrogen) atoms. The van der Waals surface area contributed by atoms with Gasteiger partial charge >= 0.3 is 7.12 Å². The van der Waals surface area contributed by atoms with Crippen molar-refractivity contribution in [3.63, 3.8) is 0 Å². The Morgan fingerprint density at radius 3 is 2.50 bits per heavy atom. The van der Waals surface area contributed by atoms with Crippen molar-refractivity contribution in [1.29, 1.82) is 0 Å². The molecule has 76 valence electrons. The maximum Gasteiger partial charge on any atom is 0.493 e. The van der Waals surface area contributed by atoms with Crippen LogP contribution < -0.4 is 5.46 Å². The van der Waals surface area contributed by atoms with Gasteiger partial charge in [0.25, 0.3) is 0 Å². The summed E-state index contributed by atoms with van der Waals surface area (Å²) >= 11 is 7.13. The normalized spacial score (nSPS) is 10.4. The molecule has 0 amide bonds. The van der Waals surface area contributed by atoms with Gasteiger partial charge in [0.05, 0.1) is 5.02 Å². The first-order valence-corrected chi connectivity index (χ1v) is 5.48. The lowest BCUT2D eigenvalue weighted by Gasteiger charge is -2.10. The largest absolute Gasteiger partial charge is 0.493 e. The standard InChI is InChI=1S/C8H9BClFO2S/c1-4-3-5(14-2)7(10)6(8(4)11)9(12)13/h3,12-13H,1-2H3. The Morgan fingerprint density at radius 2 is 2.07 bits per heavy atom. The van der Waals surface area contributed by atoms with Gasteiger partial charge < -0.3 is 10.0 Å². The number of rotatable bonds is 2. The Morgan fingerprint density at radius 1 is 1.50 bits per heavy atom. The molecule has 0 fully saturated rings. The third-order valence-electron chi connectivity index (χ3n) is 1.86. The number of benzene rings is 1. The van der Waals surface area contributed by atoms with Crippen molar-refractivity contribution in [2.24, 2.45) is 0 Å². The second kappa shape index (κ2) is 4.53. The Labute approximate surface area is 91.2 Å². The maximum atomic E-state index is 13.4. The molecule has 0 bridgehead atoms. The highest BCUT2D eigenvalue weighted by Crippen LogP contribution is 2.26. The second-order valence-electron chi connectivity index (χ2n) is 2.81. The number of hydrogen-bond donors (Lipinski definition) is 2. The molecule has 2 nitrogen and oxygen atoms in total. The SMILES string of the molecule is CSc1cc(C)c(F)c(B(O)O)c1Cl. The van der Waals surface area contributed by atoms with Crippen LogP contribution in [0, 0.1) is 12.7 Å². The first-order valence-electron chi connectivity index (χ1n) is 3.87. The van der Waals surface area contributed by atoms with E-state index in [0.717, 1.165) is 0 Å². The van der Waals surface area contributed by atoms with E-state index in [1.54, 1.807) is 19.2 Å². The molecule has 0 radical (unpaired) electrons. The molecule has 2 N–H and O–H groups in total. The summed E-state index contributed by atoms with van der Waals surface area (Å²) in [5.74, 6) is -0.664. The average Bonchev–Trinajstić information content (AvgIpc) is 2.11. The second-order valence-corrected chi connectivity index (χ2v) is 4.04. The molecule has 0 unspecified atom stereocenters. The van der Waals surface area contributed by atoms with Gasteiger partial charge in [0, 0.05) is 10.4 Å². The summed E-state index contributed by atoms with van der Waals surface area (Å²) in [6, 6.07) is 1.58. The molecule has 1 aromatic carbocycles. The summed E-state index contributed by atoms with van der Waals surface area (Å²) in [6.07, 6.45) is 1.78. The van der Waals surface area contributed by atoms with Crippen LogP contribution in [0.2, 0.25) is 5.02 Å². The first kappa shape index (κ1) is 11.8. The van der Waals surface area contributed by atoms with Crippen LogP contribution in [0.5, 0.6) is 0 Å². The summed E-state index contributed by atoms with van der Waals surface area (Å²) < 4.78 is 13.4. The lowest BCUT2D eigenvalue weighted by atomic mass is 9.79. The zero-order valence-corrected chi connectivity index (χ0v) is 9.29. The molecule has 0 heterocycles. The molecule has 0 spiro atoms. The number of hydrogen-bond acceptors (Lipinski definition) is 3. The highest BCUT2D eigenvalue weighted by molar-refractivity contribution is 7.98. The van der Waals surface area contributed by atoms with Crippen molar-refractivity contribution in [1.82, 2.24) is 0 Å². The van der Waals surface area contributed by atoms with Crippen molar-refractivity contribution in [3.05, 3.63) is 22.5 Å². The third kappa shape index (κ3) is 2.06. The van der Waals surface area contributed by atoms with Crippen LogP contribution in [-0.4, -0.2) is 23.4 Å². The summed E-state index contributed by atoms with van der Waals surface area (Å²) in [6.45, 7) is 1.55. The zero-order valence-electron chi connectivity index (χ0n) is 7.71. The molecule has 1 aromatic rings. The van der Waals surface area contributed by atoms with Crippen molar-refractivity contribution in [3.8, 4) is 0 Å². The molecule has 0 atom stereocenters. The van der Waals surface area contributed by atoms with Gasteiger partial charge in [0.2, 0.25) is 0 Å². The van der Waals surface area contributed by atoms with E-state index in [-0.39, 0.29) is 10.5 Å². The van der Waals surface area contributed by atoms with E-state index >= 15 is 0 Å². The molecule has 0 aliphatic heterocycles. The van der Waals surface area contributed by atoms with Crippen LogP contribution in [0.1, 0.15) is 5.56 Å². The molecule has 1 rings (SSSR count). The number of aryl methyl sites for hydroxylation is 1. The Hall–Kier alpha value is -0.225. The van der Waals surface area contributed by atoms with Gasteiger partial charge in [0.1, 0.15) is 5.82 Å². The highest BCUT2D eigenvalue weighted by atomic mass is 35.5. The van der Waals surface area contributed by atoms with Gasteiger partial charge in [-0.05, 0) is 24.8 Å². The minimum absolute atomic E-state index is 0.0654. The molecule has 0 saturated heterocycles. The van der Waals surface area contributed by atoms with E-state index in [9.17, 15) is 4.39 Å². The van der Waals surface area contributed by atoms with Gasteiger partial charge in [-0.15, -0.1) is 11.8 Å². The van der Waals surface area contributed by atoms with Gasteiger partial charge in [-0.1, -0.05) is 11.6 Å². The summed E-state index contributed by atoms with van der Waals surface area (Å²) in [5.41, 5.74) is 0.0952. The predicted octanol–water partition coefficient (Wildman–Crippen LogP) is 1.19. The molecule has 0 aliphatic carbocycles. The van der Waals surface area contributed by atoms with Crippen LogP contribution >= 0.6 is 23.4 Å². The molecular weight excluding hydrogens is 225 g/mol. The molecular formula is C8H9BClFO2S. The quantitative estimate of drug-likeness (QED) is 0.596. The monoisotopic (exact) mass is 234 g/mol. The number of halogens is 2. The Balaban J connectivity index is 3.45. The van der Waals surface area contributed by atoms with Gasteiger partial charge in [-0.25, -0.2) is 4.39 Å². The first-order chi connectivity index (χ1) is 6.49. The van der Waals surface area contributed by atoms with E-state index in [4.69, 9.17) is 21.6 Å². The van der Waals surface area contributed by atoms with Gasteiger partial charge in [-0.2, -0.15) is 0 Å². The van der Waals surface area contributed by atoms with Crippen LogP contribution in [0.25, 0.3) is 0 Å². The topological polar surface area (TPSA) is 40.5 Å². The maximum absolute atomic E-state index is 13.4. The third-order valence-corrected chi connectivity index (χ3v) is 3.14. The van der Waals surface area contributed by atoms with E-state index in [1.165, 1.54) is 11.8 Å². The summed E-state index contributed by atoms with van der Waals surface area (Å²) in [4.78, 5) is 0.633. The molecule has 0 saturated carbocycles. The predicted molar refractivity (Wildman–Crippen MR) is 57.8 cm³/mol. The number of thioether (sulfide) groups is 1. The van der Waals surface area contributed by atoms with E-state index in [2.05, 4.69) is 0 Å². The van der Waals surface area contributed by atoms with Crippen molar-refractivity contribution in [2.75, 3.05) is 6.26 Å². The summed E-state index contributed by atoms with van der Waals surface area (Å²) in [7, 11) is -1.88. The minimum Gasteiger partial charge on any atom is -0.423 e. The smallest absolute Gasteiger partial charge is 0.423 e. The van der Waals surface area contributed by atoms with Crippen molar-refractivity contribution < 1.29 is 14.4 Å².